The molecule has 1 aromatic heterocycles. The number of rotatable bonds is 0. The largest absolute Gasteiger partial charge is 0.382 e. The molecular formula is C10H15N3. The topological polar surface area (TPSA) is 37.0 Å². The maximum Gasteiger partial charge on any atom is 0.149 e. The predicted molar refractivity (Wildman–Crippen MR) is 55.2 cm³/mol. The molecular weight excluding hydrogens is 162 g/mol. The first kappa shape index (κ1) is 8.35. The van der Waals surface area contributed by atoms with E-state index in [9.17, 15) is 0 Å². The molecule has 1 aliphatic rings. The molecule has 2 rings (SSSR count). The Balaban J connectivity index is 2.34. The Morgan fingerprint density at radius 2 is 2.38 bits per heavy atom. The molecule has 3 heteroatoms. The average Bonchev–Trinajstić information content (AvgIpc) is 2.25. The van der Waals surface area contributed by atoms with E-state index in [0.717, 1.165) is 24.5 Å². The van der Waals surface area contributed by atoms with E-state index in [4.69, 9.17) is 0 Å². The molecule has 0 amide bonds. The summed E-state index contributed by atoms with van der Waals surface area (Å²) in [5.74, 6) is 0.982. The zero-order chi connectivity index (χ0) is 9.26. The first-order valence-electron chi connectivity index (χ1n) is 4.73. The molecule has 13 heavy (non-hydrogen) atoms. The lowest BCUT2D eigenvalue weighted by atomic mass is 10.2. The molecule has 0 radical (unpaired) electrons. The lowest BCUT2D eigenvalue weighted by Crippen LogP contribution is -2.15. The van der Waals surface area contributed by atoms with Crippen molar-refractivity contribution in [3.05, 3.63) is 17.8 Å². The lowest BCUT2D eigenvalue weighted by molar-refractivity contribution is 0.743. The van der Waals surface area contributed by atoms with E-state index in [1.807, 2.05) is 6.20 Å². The number of aryl methyl sites for hydroxylation is 1. The van der Waals surface area contributed by atoms with Gasteiger partial charge in [0, 0.05) is 18.8 Å². The third kappa shape index (κ3) is 1.74. The van der Waals surface area contributed by atoms with E-state index in [2.05, 4.69) is 35.5 Å². The summed E-state index contributed by atoms with van der Waals surface area (Å²) >= 11 is 0. The van der Waals surface area contributed by atoms with Gasteiger partial charge in [0.1, 0.15) is 5.82 Å². The number of hydrogen-bond acceptors (Lipinski definition) is 3. The zero-order valence-electron chi connectivity index (χ0n) is 8.09. The van der Waals surface area contributed by atoms with Crippen LogP contribution in [0, 0.1) is 6.92 Å². The Hall–Kier alpha value is -1.25. The molecule has 1 aromatic rings. The van der Waals surface area contributed by atoms with Gasteiger partial charge in [-0.15, -0.1) is 0 Å². The second-order valence-corrected chi connectivity index (χ2v) is 3.67. The minimum atomic E-state index is 0.504. The van der Waals surface area contributed by atoms with Gasteiger partial charge in [0.2, 0.25) is 0 Å². The summed E-state index contributed by atoms with van der Waals surface area (Å²) in [5.41, 5.74) is 2.33. The summed E-state index contributed by atoms with van der Waals surface area (Å²) in [6.07, 6.45) is 3.03. The van der Waals surface area contributed by atoms with Gasteiger partial charge < -0.3 is 10.6 Å². The Morgan fingerprint density at radius 3 is 3.23 bits per heavy atom. The average molecular weight is 177 g/mol. The van der Waals surface area contributed by atoms with E-state index in [1.54, 1.807) is 0 Å². The van der Waals surface area contributed by atoms with E-state index < -0.39 is 0 Å². The number of fused-ring (bicyclic) bond motifs is 1. The van der Waals surface area contributed by atoms with Gasteiger partial charge in [-0.25, -0.2) is 4.98 Å². The minimum Gasteiger partial charge on any atom is -0.382 e. The highest BCUT2D eigenvalue weighted by molar-refractivity contribution is 5.66. The summed E-state index contributed by atoms with van der Waals surface area (Å²) in [5, 5.41) is 6.75. The Kier molecular flexibility index (Phi) is 2.08. The molecule has 3 nitrogen and oxygen atoms in total. The van der Waals surface area contributed by atoms with Gasteiger partial charge in [-0.1, -0.05) is 0 Å². The van der Waals surface area contributed by atoms with Gasteiger partial charge >= 0.3 is 0 Å². The molecule has 1 aliphatic heterocycles. The third-order valence-electron chi connectivity index (χ3n) is 2.30. The molecule has 0 fully saturated rings. The Bertz CT molecular complexity index is 309. The fraction of sp³-hybridized carbons (Fsp3) is 0.500. The Labute approximate surface area is 78.6 Å². The van der Waals surface area contributed by atoms with Crippen molar-refractivity contribution in [3.8, 4) is 0 Å². The van der Waals surface area contributed by atoms with Crippen LogP contribution in [-0.2, 0) is 0 Å². The maximum absolute atomic E-state index is 4.36. The number of aromatic nitrogens is 1. The molecule has 1 atom stereocenters. The highest BCUT2D eigenvalue weighted by Gasteiger charge is 2.11. The fourth-order valence-corrected chi connectivity index (χ4v) is 1.55. The quantitative estimate of drug-likeness (QED) is 0.636. The molecule has 1 unspecified atom stereocenters. The first-order valence-corrected chi connectivity index (χ1v) is 4.73. The highest BCUT2D eigenvalue weighted by atomic mass is 15.1. The molecule has 0 saturated heterocycles. The standard InChI is InChI=1S/C10H15N3/c1-7-5-9-10(12-6-7)13-8(2)3-4-11-9/h5-6,8,11H,3-4H2,1-2H3,(H,12,13). The van der Waals surface area contributed by atoms with Crippen LogP contribution in [0.3, 0.4) is 0 Å². The summed E-state index contributed by atoms with van der Waals surface area (Å²) in [4.78, 5) is 4.36. The van der Waals surface area contributed by atoms with E-state index in [1.165, 1.54) is 5.56 Å². The van der Waals surface area contributed by atoms with Gasteiger partial charge in [0.25, 0.3) is 0 Å². The van der Waals surface area contributed by atoms with Crippen LogP contribution < -0.4 is 10.6 Å². The van der Waals surface area contributed by atoms with Crippen LogP contribution in [0.4, 0.5) is 11.5 Å². The van der Waals surface area contributed by atoms with Crippen molar-refractivity contribution in [2.24, 2.45) is 0 Å². The number of nitrogens with one attached hydrogen (secondary N) is 2. The van der Waals surface area contributed by atoms with Gasteiger partial charge in [-0.2, -0.15) is 0 Å². The van der Waals surface area contributed by atoms with E-state index in [-0.39, 0.29) is 0 Å². The zero-order valence-corrected chi connectivity index (χ0v) is 8.09. The number of pyridine rings is 1. The summed E-state index contributed by atoms with van der Waals surface area (Å²) in [7, 11) is 0. The van der Waals surface area contributed by atoms with E-state index >= 15 is 0 Å². The predicted octanol–water partition coefficient (Wildman–Crippen LogP) is 2.01. The van der Waals surface area contributed by atoms with Gasteiger partial charge in [-0.3, -0.25) is 0 Å². The summed E-state index contributed by atoms with van der Waals surface area (Å²) in [6.45, 7) is 5.26. The number of nitrogens with zero attached hydrogens (tertiary/aromatic N) is 1. The van der Waals surface area contributed by atoms with E-state index in [0.29, 0.717) is 6.04 Å². The van der Waals surface area contributed by atoms with Gasteiger partial charge in [0.15, 0.2) is 0 Å². The molecule has 2 heterocycles. The second-order valence-electron chi connectivity index (χ2n) is 3.67. The smallest absolute Gasteiger partial charge is 0.149 e. The number of anilines is 2. The molecule has 0 aromatic carbocycles. The number of hydrogen-bond donors (Lipinski definition) is 2. The van der Waals surface area contributed by atoms with Crippen molar-refractivity contribution < 1.29 is 0 Å². The fourth-order valence-electron chi connectivity index (χ4n) is 1.55. The molecule has 0 spiro atoms. The lowest BCUT2D eigenvalue weighted by Gasteiger charge is -2.10. The van der Waals surface area contributed by atoms with Crippen molar-refractivity contribution in [1.82, 2.24) is 4.98 Å². The summed E-state index contributed by atoms with van der Waals surface area (Å²) < 4.78 is 0. The van der Waals surface area contributed by atoms with Gasteiger partial charge in [0.05, 0.1) is 5.69 Å². The van der Waals surface area contributed by atoms with Crippen LogP contribution in [0.15, 0.2) is 12.3 Å². The SMILES string of the molecule is Cc1cnc2c(c1)NCCC(C)N2. The van der Waals surface area contributed by atoms with Crippen LogP contribution >= 0.6 is 0 Å². The second kappa shape index (κ2) is 3.24. The Morgan fingerprint density at radius 1 is 1.54 bits per heavy atom. The van der Waals surface area contributed by atoms with Crippen molar-refractivity contribution in [2.75, 3.05) is 17.2 Å². The summed E-state index contributed by atoms with van der Waals surface area (Å²) in [6, 6.07) is 2.64. The third-order valence-corrected chi connectivity index (χ3v) is 2.30. The highest BCUT2D eigenvalue weighted by Crippen LogP contribution is 2.23. The van der Waals surface area contributed by atoms with Crippen LogP contribution in [-0.4, -0.2) is 17.6 Å². The van der Waals surface area contributed by atoms with Crippen LogP contribution in [0.2, 0.25) is 0 Å². The van der Waals surface area contributed by atoms with Crippen LogP contribution in [0.25, 0.3) is 0 Å². The van der Waals surface area contributed by atoms with Crippen molar-refractivity contribution in [3.63, 3.8) is 0 Å². The molecule has 2 N–H and O–H groups in total. The van der Waals surface area contributed by atoms with Crippen LogP contribution in [0.1, 0.15) is 18.9 Å². The maximum atomic E-state index is 4.36. The normalized spacial score (nSPS) is 20.9. The molecule has 0 saturated carbocycles. The minimum absolute atomic E-state index is 0.504. The van der Waals surface area contributed by atoms with Crippen molar-refractivity contribution >= 4 is 11.5 Å². The van der Waals surface area contributed by atoms with Crippen LogP contribution in [0.5, 0.6) is 0 Å². The first-order chi connectivity index (χ1) is 6.25. The molecule has 0 bridgehead atoms. The van der Waals surface area contributed by atoms with Gasteiger partial charge in [-0.05, 0) is 31.9 Å². The molecule has 0 aliphatic carbocycles. The molecule has 70 valence electrons. The van der Waals surface area contributed by atoms with Crippen molar-refractivity contribution in [1.29, 1.82) is 0 Å². The van der Waals surface area contributed by atoms with Crippen molar-refractivity contribution in [2.45, 2.75) is 26.3 Å². The monoisotopic (exact) mass is 177 g/mol.